The van der Waals surface area contributed by atoms with Crippen LogP contribution >= 0.6 is 11.6 Å². The molecule has 0 bridgehead atoms. The molecule has 0 unspecified atom stereocenters. The number of sulfone groups is 1. The van der Waals surface area contributed by atoms with Crippen LogP contribution in [0.3, 0.4) is 0 Å². The maximum absolute atomic E-state index is 11.2. The van der Waals surface area contributed by atoms with Gasteiger partial charge in [-0.25, -0.2) is 8.42 Å². The Bertz CT molecular complexity index is 408. The maximum atomic E-state index is 11.2. The predicted molar refractivity (Wildman–Crippen MR) is 55.0 cm³/mol. The van der Waals surface area contributed by atoms with Gasteiger partial charge in [0, 0.05) is 5.02 Å². The van der Waals surface area contributed by atoms with Gasteiger partial charge in [-0.2, -0.15) is 0 Å². The largest absolute Gasteiger partial charge is 0.302 e. The zero-order chi connectivity index (χ0) is 10.6. The average molecular weight is 233 g/mol. The Hall–Kier alpha value is -0.870. The molecule has 1 aromatic rings. The molecule has 0 spiro atoms. The molecule has 0 atom stereocenters. The number of halogens is 1. The fourth-order valence-corrected chi connectivity index (χ4v) is 2.15. The van der Waals surface area contributed by atoms with Crippen molar-refractivity contribution in [1.29, 1.82) is 0 Å². The summed E-state index contributed by atoms with van der Waals surface area (Å²) in [5.74, 6) is -0.557. The molecular formula is C9H9ClO3S. The monoisotopic (exact) mass is 232 g/mol. The molecule has 5 heteroatoms. The lowest BCUT2D eigenvalue weighted by molar-refractivity contribution is -0.105. The first-order valence-corrected chi connectivity index (χ1v) is 6.12. The lowest BCUT2D eigenvalue weighted by Gasteiger charge is -2.00. The van der Waals surface area contributed by atoms with Gasteiger partial charge in [0.25, 0.3) is 0 Å². The van der Waals surface area contributed by atoms with Crippen LogP contribution < -0.4 is 0 Å². The molecule has 0 heterocycles. The highest BCUT2D eigenvalue weighted by Crippen LogP contribution is 2.11. The van der Waals surface area contributed by atoms with E-state index in [4.69, 9.17) is 11.6 Å². The molecule has 0 aliphatic carbocycles. The van der Waals surface area contributed by atoms with Gasteiger partial charge in [-0.15, -0.1) is 0 Å². The molecule has 0 aliphatic rings. The Balaban J connectivity index is 2.79. The Labute approximate surface area is 87.6 Å². The number of carbonyl (C=O) groups is 1. The van der Waals surface area contributed by atoms with Crippen LogP contribution in [-0.4, -0.2) is 20.5 Å². The summed E-state index contributed by atoms with van der Waals surface area (Å²) in [6.07, 6.45) is 0.394. The molecular weight excluding hydrogens is 224 g/mol. The van der Waals surface area contributed by atoms with Crippen LogP contribution in [0.5, 0.6) is 0 Å². The van der Waals surface area contributed by atoms with E-state index in [-0.39, 0.29) is 5.75 Å². The number of carbonyl (C=O) groups excluding carboxylic acids is 1. The van der Waals surface area contributed by atoms with Crippen molar-refractivity contribution in [2.24, 2.45) is 0 Å². The normalized spacial score (nSPS) is 11.2. The molecule has 0 aromatic heterocycles. The first-order valence-electron chi connectivity index (χ1n) is 3.92. The molecule has 0 N–H and O–H groups in total. The van der Waals surface area contributed by atoms with Crippen molar-refractivity contribution >= 4 is 27.7 Å². The van der Waals surface area contributed by atoms with Crippen LogP contribution in [0.4, 0.5) is 0 Å². The van der Waals surface area contributed by atoms with E-state index in [9.17, 15) is 13.2 Å². The Morgan fingerprint density at radius 2 is 1.79 bits per heavy atom. The standard InChI is InChI=1S/C9H9ClO3S/c10-9-3-1-8(2-4-9)7-14(12,13)6-5-11/h1-5H,6-7H2. The summed E-state index contributed by atoms with van der Waals surface area (Å²) in [5.41, 5.74) is 0.635. The molecule has 0 fully saturated rings. The van der Waals surface area contributed by atoms with Crippen molar-refractivity contribution < 1.29 is 13.2 Å². The molecule has 3 nitrogen and oxygen atoms in total. The molecule has 0 saturated carbocycles. The Kier molecular flexibility index (Phi) is 3.66. The summed E-state index contributed by atoms with van der Waals surface area (Å²) >= 11 is 5.64. The van der Waals surface area contributed by atoms with Gasteiger partial charge in [-0.3, -0.25) is 0 Å². The minimum Gasteiger partial charge on any atom is -0.302 e. The molecule has 1 rings (SSSR count). The maximum Gasteiger partial charge on any atom is 0.161 e. The molecule has 0 radical (unpaired) electrons. The summed E-state index contributed by atoms with van der Waals surface area (Å²) in [6, 6.07) is 6.50. The van der Waals surface area contributed by atoms with Crippen molar-refractivity contribution in [3.05, 3.63) is 34.9 Å². The smallest absolute Gasteiger partial charge is 0.161 e. The fraction of sp³-hybridized carbons (Fsp3) is 0.222. The Morgan fingerprint density at radius 1 is 1.21 bits per heavy atom. The number of aldehydes is 1. The molecule has 0 aliphatic heterocycles. The summed E-state index contributed by atoms with van der Waals surface area (Å²) in [6.45, 7) is 0. The van der Waals surface area contributed by atoms with Gasteiger partial charge in [0.2, 0.25) is 0 Å². The van der Waals surface area contributed by atoms with Gasteiger partial charge >= 0.3 is 0 Å². The van der Waals surface area contributed by atoms with Gasteiger partial charge in [0.05, 0.1) is 5.75 Å². The minimum atomic E-state index is -3.31. The van der Waals surface area contributed by atoms with Gasteiger partial charge in [-0.1, -0.05) is 23.7 Å². The van der Waals surface area contributed by atoms with Crippen LogP contribution in [0, 0.1) is 0 Å². The van der Waals surface area contributed by atoms with Crippen molar-refractivity contribution in [1.82, 2.24) is 0 Å². The molecule has 0 saturated heterocycles. The number of rotatable bonds is 4. The zero-order valence-electron chi connectivity index (χ0n) is 7.31. The summed E-state index contributed by atoms with van der Waals surface area (Å²) in [4.78, 5) is 10.1. The van der Waals surface area contributed by atoms with E-state index in [1.165, 1.54) is 0 Å². The van der Waals surface area contributed by atoms with Gasteiger partial charge < -0.3 is 4.79 Å². The van der Waals surface area contributed by atoms with Gasteiger partial charge in [0.1, 0.15) is 12.0 Å². The quantitative estimate of drug-likeness (QED) is 0.739. The van der Waals surface area contributed by atoms with E-state index in [1.807, 2.05) is 0 Å². The molecule has 14 heavy (non-hydrogen) atoms. The van der Waals surface area contributed by atoms with E-state index in [1.54, 1.807) is 24.3 Å². The highest BCUT2D eigenvalue weighted by atomic mass is 35.5. The Morgan fingerprint density at radius 3 is 2.29 bits per heavy atom. The first-order chi connectivity index (χ1) is 6.53. The van der Waals surface area contributed by atoms with E-state index < -0.39 is 15.6 Å². The minimum absolute atomic E-state index is 0.122. The second kappa shape index (κ2) is 4.57. The second-order valence-corrected chi connectivity index (χ2v) is 5.39. The van der Waals surface area contributed by atoms with E-state index in [0.717, 1.165) is 0 Å². The average Bonchev–Trinajstić information content (AvgIpc) is 2.08. The van der Waals surface area contributed by atoms with Crippen LogP contribution in [-0.2, 0) is 20.4 Å². The molecule has 1 aromatic carbocycles. The lowest BCUT2D eigenvalue weighted by Crippen LogP contribution is -2.09. The molecule has 76 valence electrons. The van der Waals surface area contributed by atoms with Crippen molar-refractivity contribution in [3.8, 4) is 0 Å². The summed E-state index contributed by atoms with van der Waals surface area (Å²) < 4.78 is 22.4. The van der Waals surface area contributed by atoms with E-state index >= 15 is 0 Å². The SMILES string of the molecule is O=CCS(=O)(=O)Cc1ccc(Cl)cc1. The first kappa shape index (κ1) is 11.2. The lowest BCUT2D eigenvalue weighted by atomic mass is 10.2. The van der Waals surface area contributed by atoms with Crippen molar-refractivity contribution in [2.75, 3.05) is 5.75 Å². The second-order valence-electron chi connectivity index (χ2n) is 2.85. The van der Waals surface area contributed by atoms with Crippen molar-refractivity contribution in [2.45, 2.75) is 5.75 Å². The van der Waals surface area contributed by atoms with Crippen LogP contribution in [0.1, 0.15) is 5.56 Å². The highest BCUT2D eigenvalue weighted by Gasteiger charge is 2.10. The number of benzene rings is 1. The third kappa shape index (κ3) is 3.47. The van der Waals surface area contributed by atoms with E-state index in [0.29, 0.717) is 16.9 Å². The van der Waals surface area contributed by atoms with Gasteiger partial charge in [-0.05, 0) is 17.7 Å². The highest BCUT2D eigenvalue weighted by molar-refractivity contribution is 7.91. The third-order valence-corrected chi connectivity index (χ3v) is 3.29. The summed E-state index contributed by atoms with van der Waals surface area (Å²) in [5, 5.41) is 0.557. The van der Waals surface area contributed by atoms with Crippen LogP contribution in [0.25, 0.3) is 0 Å². The topological polar surface area (TPSA) is 51.2 Å². The van der Waals surface area contributed by atoms with Crippen molar-refractivity contribution in [3.63, 3.8) is 0 Å². The molecule has 0 amide bonds. The summed E-state index contributed by atoms with van der Waals surface area (Å²) in [7, 11) is -3.31. The van der Waals surface area contributed by atoms with E-state index in [2.05, 4.69) is 0 Å². The van der Waals surface area contributed by atoms with Crippen LogP contribution in [0.2, 0.25) is 5.02 Å². The third-order valence-electron chi connectivity index (χ3n) is 1.62. The number of hydrogen-bond acceptors (Lipinski definition) is 3. The predicted octanol–water partition coefficient (Wildman–Crippen LogP) is 1.45. The fourth-order valence-electron chi connectivity index (χ4n) is 0.997. The van der Waals surface area contributed by atoms with Gasteiger partial charge in [0.15, 0.2) is 9.84 Å². The van der Waals surface area contributed by atoms with Crippen LogP contribution in [0.15, 0.2) is 24.3 Å². The number of hydrogen-bond donors (Lipinski definition) is 0. The zero-order valence-corrected chi connectivity index (χ0v) is 8.88.